The minimum Gasteiger partial charge on any atom is -0.355 e. The molecule has 0 spiro atoms. The number of aryl methyl sites for hydroxylation is 1. The predicted octanol–water partition coefficient (Wildman–Crippen LogP) is 1.89. The number of nitrogens with zero attached hydrogens (tertiary/aromatic N) is 4. The molecule has 0 saturated carbocycles. The molecular weight excluding hydrogens is 370 g/mol. The van der Waals surface area contributed by atoms with Crippen molar-refractivity contribution < 1.29 is 14.4 Å². The van der Waals surface area contributed by atoms with E-state index in [0.29, 0.717) is 39.0 Å². The molecule has 0 bridgehead atoms. The minimum absolute atomic E-state index is 0.0219. The second-order valence-corrected chi connectivity index (χ2v) is 8.71. The lowest BCUT2D eigenvalue weighted by atomic mass is 9.78. The number of aromatic nitrogens is 2. The zero-order valence-electron chi connectivity index (χ0n) is 17.1. The van der Waals surface area contributed by atoms with Gasteiger partial charge in [0, 0.05) is 43.9 Å². The summed E-state index contributed by atoms with van der Waals surface area (Å²) in [6, 6.07) is 7.65. The van der Waals surface area contributed by atoms with Crippen molar-refractivity contribution in [3.63, 3.8) is 0 Å². The molecule has 0 aliphatic carbocycles. The number of amides is 4. The number of carbonyl (C=O) groups is 3. The fourth-order valence-corrected chi connectivity index (χ4v) is 4.40. The number of hydrogen-bond acceptors (Lipinski definition) is 4. The Hall–Kier alpha value is -2.90. The average Bonchev–Trinajstić information content (AvgIpc) is 3.00. The normalized spacial score (nSPS) is 22.3. The quantitative estimate of drug-likeness (QED) is 0.853. The van der Waals surface area contributed by atoms with Gasteiger partial charge in [-0.15, -0.1) is 0 Å². The molecule has 0 radical (unpaired) electrons. The molecule has 1 aromatic carbocycles. The monoisotopic (exact) mass is 397 g/mol. The van der Waals surface area contributed by atoms with Gasteiger partial charge in [0.25, 0.3) is 0 Å². The summed E-state index contributed by atoms with van der Waals surface area (Å²) in [6.45, 7) is 5.38. The lowest BCUT2D eigenvalue weighted by molar-refractivity contribution is -0.134. The molecule has 2 aliphatic heterocycles. The van der Waals surface area contributed by atoms with E-state index in [1.165, 1.54) is 4.90 Å². The van der Waals surface area contributed by atoms with Gasteiger partial charge >= 0.3 is 6.03 Å². The van der Waals surface area contributed by atoms with Crippen molar-refractivity contribution in [2.24, 2.45) is 18.4 Å². The van der Waals surface area contributed by atoms with Crippen molar-refractivity contribution in [3.8, 4) is 0 Å². The minimum atomic E-state index is -0.489. The summed E-state index contributed by atoms with van der Waals surface area (Å²) in [4.78, 5) is 40.6. The molecular formula is C21H27N5O3. The van der Waals surface area contributed by atoms with Crippen molar-refractivity contribution in [2.45, 2.75) is 33.2 Å². The van der Waals surface area contributed by atoms with E-state index in [0.717, 1.165) is 16.6 Å². The topological polar surface area (TPSA) is 87.5 Å². The lowest BCUT2D eigenvalue weighted by Gasteiger charge is -2.39. The highest BCUT2D eigenvalue weighted by molar-refractivity contribution is 5.97. The average molecular weight is 397 g/mol. The maximum Gasteiger partial charge on any atom is 0.327 e. The molecule has 4 amide bonds. The first-order valence-corrected chi connectivity index (χ1v) is 10.0. The first-order chi connectivity index (χ1) is 13.8. The molecule has 8 heteroatoms. The van der Waals surface area contributed by atoms with Gasteiger partial charge in [0.1, 0.15) is 0 Å². The third-order valence-electron chi connectivity index (χ3n) is 5.98. The SMILES string of the molecule is Cn1nc(CN2CCC(=O)N(CC3CNC(=O)C(C)(C)C3)C2=O)c2ccccc21. The van der Waals surface area contributed by atoms with Gasteiger partial charge < -0.3 is 10.2 Å². The van der Waals surface area contributed by atoms with E-state index in [2.05, 4.69) is 10.4 Å². The standard InChI is InChI=1S/C21H27N5O3/c1-21(2)10-14(11-22-19(21)28)12-26-18(27)8-9-25(20(26)29)13-16-15-6-4-5-7-17(15)24(3)23-16/h4-7,14H,8-13H2,1-3H3,(H,22,28). The Morgan fingerprint density at radius 3 is 2.72 bits per heavy atom. The Kier molecular flexibility index (Phi) is 4.80. The number of imide groups is 1. The van der Waals surface area contributed by atoms with Gasteiger partial charge in [-0.25, -0.2) is 4.79 Å². The van der Waals surface area contributed by atoms with Crippen LogP contribution in [0.2, 0.25) is 0 Å². The van der Waals surface area contributed by atoms with Crippen molar-refractivity contribution in [1.29, 1.82) is 0 Å². The first kappa shape index (κ1) is 19.4. The highest BCUT2D eigenvalue weighted by Gasteiger charge is 2.39. The summed E-state index contributed by atoms with van der Waals surface area (Å²) in [5.74, 6) is -0.0632. The van der Waals surface area contributed by atoms with Crippen LogP contribution in [-0.4, -0.2) is 57.1 Å². The summed E-state index contributed by atoms with van der Waals surface area (Å²) in [6.07, 6.45) is 0.958. The Morgan fingerprint density at radius 2 is 1.97 bits per heavy atom. The first-order valence-electron chi connectivity index (χ1n) is 10.0. The molecule has 1 unspecified atom stereocenters. The van der Waals surface area contributed by atoms with E-state index >= 15 is 0 Å². The van der Waals surface area contributed by atoms with E-state index in [4.69, 9.17) is 0 Å². The summed E-state index contributed by atoms with van der Waals surface area (Å²) in [5, 5.41) is 8.49. The van der Waals surface area contributed by atoms with Gasteiger partial charge in [0.15, 0.2) is 0 Å². The second-order valence-electron chi connectivity index (χ2n) is 8.71. The Morgan fingerprint density at radius 1 is 1.21 bits per heavy atom. The number of nitrogens with one attached hydrogen (secondary N) is 1. The Bertz CT molecular complexity index is 980. The van der Waals surface area contributed by atoms with Crippen LogP contribution in [-0.2, 0) is 23.2 Å². The molecule has 1 N–H and O–H groups in total. The van der Waals surface area contributed by atoms with Crippen LogP contribution >= 0.6 is 0 Å². The molecule has 1 aromatic heterocycles. The van der Waals surface area contributed by atoms with Crippen molar-refractivity contribution in [1.82, 2.24) is 24.9 Å². The molecule has 154 valence electrons. The second kappa shape index (κ2) is 7.17. The van der Waals surface area contributed by atoms with Gasteiger partial charge in [-0.3, -0.25) is 19.2 Å². The Labute approximate surface area is 169 Å². The van der Waals surface area contributed by atoms with Gasteiger partial charge in [-0.1, -0.05) is 32.0 Å². The van der Waals surface area contributed by atoms with Crippen LogP contribution in [0.5, 0.6) is 0 Å². The van der Waals surface area contributed by atoms with Crippen LogP contribution in [0.15, 0.2) is 24.3 Å². The predicted molar refractivity (Wildman–Crippen MR) is 108 cm³/mol. The lowest BCUT2D eigenvalue weighted by Crippen LogP contribution is -2.56. The third kappa shape index (κ3) is 3.59. The highest BCUT2D eigenvalue weighted by atomic mass is 16.2. The van der Waals surface area contributed by atoms with Gasteiger partial charge in [-0.2, -0.15) is 5.10 Å². The molecule has 3 heterocycles. The molecule has 29 heavy (non-hydrogen) atoms. The third-order valence-corrected chi connectivity index (χ3v) is 5.98. The fraction of sp³-hybridized carbons (Fsp3) is 0.524. The summed E-state index contributed by atoms with van der Waals surface area (Å²) >= 11 is 0. The van der Waals surface area contributed by atoms with Crippen LogP contribution in [0.4, 0.5) is 4.79 Å². The van der Waals surface area contributed by atoms with E-state index < -0.39 is 5.41 Å². The highest BCUT2D eigenvalue weighted by Crippen LogP contribution is 2.30. The van der Waals surface area contributed by atoms with Crippen LogP contribution in [0, 0.1) is 11.3 Å². The maximum absolute atomic E-state index is 13.1. The number of rotatable bonds is 4. The van der Waals surface area contributed by atoms with E-state index in [1.807, 2.05) is 49.8 Å². The van der Waals surface area contributed by atoms with Gasteiger partial charge in [0.2, 0.25) is 11.8 Å². The smallest absolute Gasteiger partial charge is 0.327 e. The zero-order valence-corrected chi connectivity index (χ0v) is 17.1. The molecule has 4 rings (SSSR count). The van der Waals surface area contributed by atoms with E-state index in [9.17, 15) is 14.4 Å². The molecule has 1 atom stereocenters. The number of piperidine rings is 1. The van der Waals surface area contributed by atoms with Crippen LogP contribution in [0.3, 0.4) is 0 Å². The van der Waals surface area contributed by atoms with Crippen LogP contribution in [0.25, 0.3) is 10.9 Å². The van der Waals surface area contributed by atoms with E-state index in [-0.39, 0.29) is 23.8 Å². The fourth-order valence-electron chi connectivity index (χ4n) is 4.40. The van der Waals surface area contributed by atoms with Crippen LogP contribution in [0.1, 0.15) is 32.4 Å². The van der Waals surface area contributed by atoms with Gasteiger partial charge in [-0.05, 0) is 18.4 Å². The van der Waals surface area contributed by atoms with Gasteiger partial charge in [0.05, 0.1) is 17.8 Å². The number of para-hydroxylation sites is 1. The molecule has 2 fully saturated rings. The Balaban J connectivity index is 1.50. The number of fused-ring (bicyclic) bond motifs is 1. The maximum atomic E-state index is 13.1. The summed E-state index contributed by atoms with van der Waals surface area (Å²) in [5.41, 5.74) is 1.36. The number of urea groups is 1. The number of hydrogen-bond donors (Lipinski definition) is 1. The molecule has 2 saturated heterocycles. The largest absolute Gasteiger partial charge is 0.355 e. The number of carbonyl (C=O) groups excluding carboxylic acids is 3. The molecule has 8 nitrogen and oxygen atoms in total. The summed E-state index contributed by atoms with van der Waals surface area (Å²) < 4.78 is 1.81. The zero-order chi connectivity index (χ0) is 20.8. The van der Waals surface area contributed by atoms with Crippen LogP contribution < -0.4 is 5.32 Å². The van der Waals surface area contributed by atoms with Crippen molar-refractivity contribution >= 4 is 28.7 Å². The van der Waals surface area contributed by atoms with Crippen molar-refractivity contribution in [3.05, 3.63) is 30.0 Å². The van der Waals surface area contributed by atoms with Crippen molar-refractivity contribution in [2.75, 3.05) is 19.6 Å². The summed E-state index contributed by atoms with van der Waals surface area (Å²) in [7, 11) is 1.89. The number of benzene rings is 1. The molecule has 2 aromatic rings. The molecule has 2 aliphatic rings. The van der Waals surface area contributed by atoms with E-state index in [1.54, 1.807) is 4.90 Å².